The molecule has 2 amide bonds. The lowest BCUT2D eigenvalue weighted by Gasteiger charge is -2.30. The number of carbonyl (C=O) groups is 2. The van der Waals surface area contributed by atoms with Gasteiger partial charge in [0.25, 0.3) is 17.8 Å². The van der Waals surface area contributed by atoms with Gasteiger partial charge in [-0.2, -0.15) is 10.2 Å². The van der Waals surface area contributed by atoms with E-state index >= 15 is 0 Å². The van der Waals surface area contributed by atoms with Gasteiger partial charge in [0.15, 0.2) is 5.69 Å². The number of halogens is 1. The van der Waals surface area contributed by atoms with Crippen molar-refractivity contribution in [2.45, 2.75) is 25.5 Å². The number of pyridine rings is 1. The van der Waals surface area contributed by atoms with E-state index in [1.54, 1.807) is 24.3 Å². The third-order valence-electron chi connectivity index (χ3n) is 7.06. The number of amides is 2. The fourth-order valence-electron chi connectivity index (χ4n) is 4.81. The first-order valence-corrected chi connectivity index (χ1v) is 13.8. The molecule has 0 aliphatic carbocycles. The normalized spacial score (nSPS) is 16.0. The molecule has 0 radical (unpaired) electrons. The van der Waals surface area contributed by atoms with Gasteiger partial charge in [-0.3, -0.25) is 14.5 Å². The number of alkyl halides is 1. The number of morpholine rings is 1. The molecular weight excluding hydrogens is 545 g/mol. The molecule has 2 aliphatic rings. The fourth-order valence-corrected chi connectivity index (χ4v) is 4.81. The van der Waals surface area contributed by atoms with E-state index in [4.69, 9.17) is 19.2 Å². The zero-order chi connectivity index (χ0) is 29.3. The van der Waals surface area contributed by atoms with E-state index in [0.29, 0.717) is 68.8 Å². The first kappa shape index (κ1) is 29.0. The molecule has 12 nitrogen and oxygen atoms in total. The lowest BCUT2D eigenvalue weighted by molar-refractivity contribution is 0.0342. The van der Waals surface area contributed by atoms with Crippen molar-refractivity contribution in [2.75, 3.05) is 62.8 Å². The van der Waals surface area contributed by atoms with Crippen LogP contribution in [0, 0.1) is 11.3 Å². The van der Waals surface area contributed by atoms with Gasteiger partial charge >= 0.3 is 0 Å². The number of hydrogen-bond acceptors (Lipinski definition) is 10. The minimum atomic E-state index is -0.696. The smallest absolute Gasteiger partial charge is 0.297 e. The molecule has 2 saturated heterocycles. The lowest BCUT2D eigenvalue weighted by atomic mass is 10.1. The van der Waals surface area contributed by atoms with Crippen LogP contribution in [0.15, 0.2) is 47.2 Å². The lowest BCUT2D eigenvalue weighted by Crippen LogP contribution is -2.38. The number of nitrogens with one attached hydrogen (secondary N) is 2. The largest absolute Gasteiger partial charge is 0.474 e. The van der Waals surface area contributed by atoms with Gasteiger partial charge in [0.05, 0.1) is 30.0 Å². The molecule has 13 heteroatoms. The van der Waals surface area contributed by atoms with Gasteiger partial charge in [-0.15, -0.1) is 0 Å². The van der Waals surface area contributed by atoms with Gasteiger partial charge in [0.2, 0.25) is 5.88 Å². The number of benzene rings is 1. The predicted molar refractivity (Wildman–Crippen MR) is 150 cm³/mol. The van der Waals surface area contributed by atoms with Crippen molar-refractivity contribution in [2.24, 2.45) is 0 Å². The molecule has 2 aromatic heterocycles. The Hall–Kier alpha value is -4.54. The summed E-state index contributed by atoms with van der Waals surface area (Å²) in [5.41, 5.74) is 1.97. The van der Waals surface area contributed by atoms with Gasteiger partial charge in [0.1, 0.15) is 25.1 Å². The minimum absolute atomic E-state index is 0.0485. The molecule has 0 saturated carbocycles. The van der Waals surface area contributed by atoms with Crippen molar-refractivity contribution in [3.8, 4) is 11.9 Å². The highest BCUT2D eigenvalue weighted by molar-refractivity contribution is 6.08. The van der Waals surface area contributed by atoms with Crippen LogP contribution in [0.1, 0.15) is 44.8 Å². The van der Waals surface area contributed by atoms with Crippen LogP contribution in [0.5, 0.6) is 5.88 Å². The number of ether oxygens (including phenoxy) is 2. The number of carbonyl (C=O) groups excluding carboxylic acids is 2. The highest BCUT2D eigenvalue weighted by Gasteiger charge is 2.25. The van der Waals surface area contributed by atoms with Gasteiger partial charge in [-0.1, -0.05) is 6.07 Å². The first-order valence-electron chi connectivity index (χ1n) is 13.8. The summed E-state index contributed by atoms with van der Waals surface area (Å²) in [7, 11) is 0. The van der Waals surface area contributed by atoms with Crippen LogP contribution in [-0.2, 0) is 11.3 Å². The quantitative estimate of drug-likeness (QED) is 0.369. The average molecular weight is 578 g/mol. The van der Waals surface area contributed by atoms with E-state index in [9.17, 15) is 14.0 Å². The Morgan fingerprint density at radius 2 is 1.93 bits per heavy atom. The molecule has 1 aromatic carbocycles. The zero-order valence-electron chi connectivity index (χ0n) is 23.1. The van der Waals surface area contributed by atoms with E-state index in [-0.39, 0.29) is 23.9 Å². The van der Waals surface area contributed by atoms with Crippen molar-refractivity contribution < 1.29 is 27.9 Å². The molecule has 0 atom stereocenters. The number of rotatable bonds is 10. The summed E-state index contributed by atoms with van der Waals surface area (Å²) < 4.78 is 29.7. The maximum atomic E-state index is 13.1. The second-order valence-electron chi connectivity index (χ2n) is 9.98. The number of nitriles is 1. The number of piperidine rings is 1. The Morgan fingerprint density at radius 3 is 2.64 bits per heavy atom. The molecule has 42 heavy (non-hydrogen) atoms. The molecule has 2 aliphatic heterocycles. The summed E-state index contributed by atoms with van der Waals surface area (Å²) in [5, 5.41) is 14.2. The molecule has 5 rings (SSSR count). The van der Waals surface area contributed by atoms with E-state index in [1.165, 1.54) is 12.5 Å². The Labute approximate surface area is 242 Å². The Balaban J connectivity index is 1.20. The summed E-state index contributed by atoms with van der Waals surface area (Å²) >= 11 is 0. The molecule has 2 fully saturated rings. The van der Waals surface area contributed by atoms with Crippen LogP contribution in [0.3, 0.4) is 0 Å². The summed E-state index contributed by atoms with van der Waals surface area (Å²) in [6, 6.07) is 10.9. The maximum Gasteiger partial charge on any atom is 0.297 e. The SMILES string of the molecule is N#Cc1ccc(OC2CCN(c3nc(C(=O)Nc4ccc(CN5CCOCC5)cc4C(=O)NCCF)co3)CC2)nc1. The molecule has 2 N–H and O–H groups in total. The van der Waals surface area contributed by atoms with Crippen LogP contribution in [0.2, 0.25) is 0 Å². The monoisotopic (exact) mass is 577 g/mol. The second-order valence-corrected chi connectivity index (χ2v) is 9.98. The van der Waals surface area contributed by atoms with Crippen molar-refractivity contribution >= 4 is 23.5 Å². The fraction of sp³-hybridized carbons (Fsp3) is 0.414. The molecule has 4 heterocycles. The third kappa shape index (κ3) is 7.39. The van der Waals surface area contributed by atoms with Gasteiger partial charge in [-0.05, 0) is 23.8 Å². The molecule has 3 aromatic rings. The zero-order valence-corrected chi connectivity index (χ0v) is 23.1. The molecule has 0 unspecified atom stereocenters. The summed E-state index contributed by atoms with van der Waals surface area (Å²) in [5.74, 6) is -0.543. The van der Waals surface area contributed by atoms with Crippen LogP contribution < -0.4 is 20.3 Å². The van der Waals surface area contributed by atoms with Gasteiger partial charge in [0, 0.05) is 64.4 Å². The third-order valence-corrected chi connectivity index (χ3v) is 7.06. The number of oxazole rings is 1. The van der Waals surface area contributed by atoms with Gasteiger partial charge < -0.3 is 29.4 Å². The van der Waals surface area contributed by atoms with E-state index in [1.807, 2.05) is 17.0 Å². The molecule has 220 valence electrons. The van der Waals surface area contributed by atoms with Crippen LogP contribution >= 0.6 is 0 Å². The van der Waals surface area contributed by atoms with Crippen molar-refractivity contribution in [1.29, 1.82) is 5.26 Å². The van der Waals surface area contributed by atoms with Crippen molar-refractivity contribution in [3.05, 3.63) is 65.2 Å². The highest BCUT2D eigenvalue weighted by atomic mass is 19.1. The summed E-state index contributed by atoms with van der Waals surface area (Å²) in [6.45, 7) is 3.89. The standard InChI is InChI=1S/C29H32FN7O5/c30-7-8-32-27(38)23-15-20(18-36-11-13-40-14-12-36)1-3-24(23)34-28(39)25-19-41-29(35-25)37-9-5-22(6-10-37)42-26-4-2-21(16-31)17-33-26/h1-4,15,17,19,22H,5-14,18H2,(H,32,38)(H,34,39). The van der Waals surface area contributed by atoms with Crippen molar-refractivity contribution in [1.82, 2.24) is 20.2 Å². The predicted octanol–water partition coefficient (Wildman–Crippen LogP) is 2.77. The molecule has 0 bridgehead atoms. The second kappa shape index (κ2) is 13.9. The number of aromatic nitrogens is 2. The van der Waals surface area contributed by atoms with E-state index < -0.39 is 18.5 Å². The van der Waals surface area contributed by atoms with Crippen LogP contribution in [-0.4, -0.2) is 85.4 Å². The number of nitrogens with zero attached hydrogens (tertiary/aromatic N) is 5. The molecule has 0 spiro atoms. The highest BCUT2D eigenvalue weighted by Crippen LogP contribution is 2.24. The average Bonchev–Trinajstić information content (AvgIpc) is 3.53. The number of anilines is 2. The van der Waals surface area contributed by atoms with Crippen molar-refractivity contribution in [3.63, 3.8) is 0 Å². The van der Waals surface area contributed by atoms with E-state index in [0.717, 1.165) is 18.7 Å². The summed E-state index contributed by atoms with van der Waals surface area (Å²) in [4.78, 5) is 38.6. The van der Waals surface area contributed by atoms with Gasteiger partial charge in [-0.25, -0.2) is 9.37 Å². The Bertz CT molecular complexity index is 1410. The Kier molecular flexibility index (Phi) is 9.58. The maximum absolute atomic E-state index is 13.1. The first-order chi connectivity index (χ1) is 20.5. The summed E-state index contributed by atoms with van der Waals surface area (Å²) in [6.07, 6.45) is 4.10. The topological polar surface area (TPSA) is 146 Å². The van der Waals surface area contributed by atoms with Crippen LogP contribution in [0.4, 0.5) is 16.1 Å². The van der Waals surface area contributed by atoms with Crippen LogP contribution in [0.25, 0.3) is 0 Å². The van der Waals surface area contributed by atoms with E-state index in [2.05, 4.69) is 25.5 Å². The number of hydrogen-bond donors (Lipinski definition) is 2. The minimum Gasteiger partial charge on any atom is -0.474 e. The Morgan fingerprint density at radius 1 is 1.12 bits per heavy atom. The molecular formula is C29H32FN7O5.